The summed E-state index contributed by atoms with van der Waals surface area (Å²) < 4.78 is 5.95. The molecule has 1 heterocycles. The number of fused-ring (bicyclic) bond motifs is 1. The molecular formula is C28H23N3O2. The number of hydrogen-bond donors (Lipinski definition) is 1. The normalized spacial score (nSPS) is 10.8. The van der Waals surface area contributed by atoms with E-state index in [0.29, 0.717) is 12.3 Å². The fraction of sp³-hybridized carbons (Fsp3) is 0.0714. The molecule has 0 spiro atoms. The highest BCUT2D eigenvalue weighted by molar-refractivity contribution is 6.05. The molecule has 4 aromatic carbocycles. The van der Waals surface area contributed by atoms with Crippen molar-refractivity contribution in [3.63, 3.8) is 0 Å². The molecule has 0 aliphatic heterocycles. The Labute approximate surface area is 192 Å². The summed E-state index contributed by atoms with van der Waals surface area (Å²) in [5.41, 5.74) is 4.02. The minimum absolute atomic E-state index is 0.158. The van der Waals surface area contributed by atoms with Gasteiger partial charge in [0.05, 0.1) is 5.69 Å². The molecule has 33 heavy (non-hydrogen) atoms. The van der Waals surface area contributed by atoms with E-state index in [1.54, 1.807) is 18.0 Å². The molecule has 162 valence electrons. The van der Waals surface area contributed by atoms with Crippen molar-refractivity contribution in [3.8, 4) is 17.0 Å². The highest BCUT2D eigenvalue weighted by atomic mass is 16.5. The minimum atomic E-state index is -0.158. The van der Waals surface area contributed by atoms with E-state index in [1.165, 1.54) is 10.8 Å². The number of anilines is 1. The van der Waals surface area contributed by atoms with Gasteiger partial charge in [0.2, 0.25) is 0 Å². The summed E-state index contributed by atoms with van der Waals surface area (Å²) in [4.78, 5) is 14.5. The lowest BCUT2D eigenvalue weighted by Crippen LogP contribution is -2.26. The number of H-pyrrole nitrogens is 1. The summed E-state index contributed by atoms with van der Waals surface area (Å²) in [5.74, 6) is 0.593. The van der Waals surface area contributed by atoms with Crippen molar-refractivity contribution >= 4 is 22.4 Å². The molecule has 0 unspecified atom stereocenters. The molecule has 1 N–H and O–H groups in total. The molecule has 0 atom stereocenters. The van der Waals surface area contributed by atoms with E-state index in [4.69, 9.17) is 4.74 Å². The predicted molar refractivity (Wildman–Crippen MR) is 131 cm³/mol. The number of benzene rings is 4. The van der Waals surface area contributed by atoms with Crippen molar-refractivity contribution in [3.05, 3.63) is 114 Å². The predicted octanol–water partition coefficient (Wildman–Crippen LogP) is 6.09. The van der Waals surface area contributed by atoms with Crippen molar-refractivity contribution in [2.24, 2.45) is 0 Å². The molecule has 5 nitrogen and oxygen atoms in total. The molecule has 1 aromatic heterocycles. The molecule has 1 amide bonds. The van der Waals surface area contributed by atoms with Crippen LogP contribution in [0, 0.1) is 0 Å². The Balaban J connectivity index is 1.24. The number of ether oxygens (including phenoxy) is 1. The quantitative estimate of drug-likeness (QED) is 0.353. The number of carbonyl (C=O) groups excluding carboxylic acids is 1. The number of nitrogens with zero attached hydrogens (tertiary/aromatic N) is 2. The van der Waals surface area contributed by atoms with Crippen LogP contribution in [0.15, 0.2) is 103 Å². The van der Waals surface area contributed by atoms with Crippen molar-refractivity contribution in [1.29, 1.82) is 0 Å². The summed E-state index contributed by atoms with van der Waals surface area (Å²) in [6, 6.07) is 33.7. The first-order chi connectivity index (χ1) is 16.2. The van der Waals surface area contributed by atoms with Crippen LogP contribution >= 0.6 is 0 Å². The molecule has 0 aliphatic carbocycles. The second-order valence-electron chi connectivity index (χ2n) is 7.86. The highest BCUT2D eigenvalue weighted by Gasteiger charge is 2.17. The van der Waals surface area contributed by atoms with Gasteiger partial charge in [0.1, 0.15) is 18.1 Å². The number of aromatic nitrogens is 2. The van der Waals surface area contributed by atoms with Crippen LogP contribution in [0.1, 0.15) is 16.1 Å². The molecule has 0 radical (unpaired) electrons. The lowest BCUT2D eigenvalue weighted by atomic mass is 10.1. The van der Waals surface area contributed by atoms with Crippen LogP contribution in [0.5, 0.6) is 5.75 Å². The van der Waals surface area contributed by atoms with Gasteiger partial charge in [0.15, 0.2) is 0 Å². The third-order valence-corrected chi connectivity index (χ3v) is 5.63. The smallest absolute Gasteiger partial charge is 0.276 e. The number of nitrogens with one attached hydrogen (secondary N) is 1. The van der Waals surface area contributed by atoms with Gasteiger partial charge in [-0.2, -0.15) is 5.10 Å². The van der Waals surface area contributed by atoms with E-state index in [1.807, 2.05) is 66.7 Å². The average Bonchev–Trinajstić information content (AvgIpc) is 3.38. The van der Waals surface area contributed by atoms with Gasteiger partial charge in [0.25, 0.3) is 5.91 Å². The summed E-state index contributed by atoms with van der Waals surface area (Å²) in [6.45, 7) is 0.482. The zero-order chi connectivity index (χ0) is 22.6. The Morgan fingerprint density at radius 2 is 1.58 bits per heavy atom. The van der Waals surface area contributed by atoms with Gasteiger partial charge in [-0.15, -0.1) is 0 Å². The van der Waals surface area contributed by atoms with E-state index < -0.39 is 0 Å². The van der Waals surface area contributed by atoms with Crippen molar-refractivity contribution in [2.45, 2.75) is 6.61 Å². The molecular weight excluding hydrogens is 410 g/mol. The lowest BCUT2D eigenvalue weighted by molar-refractivity contribution is 0.0988. The average molecular weight is 434 g/mol. The topological polar surface area (TPSA) is 58.2 Å². The van der Waals surface area contributed by atoms with E-state index in [-0.39, 0.29) is 5.91 Å². The van der Waals surface area contributed by atoms with Gasteiger partial charge >= 0.3 is 0 Å². The Kier molecular flexibility index (Phi) is 5.60. The first-order valence-electron chi connectivity index (χ1n) is 10.8. The lowest BCUT2D eigenvalue weighted by Gasteiger charge is -2.17. The van der Waals surface area contributed by atoms with Gasteiger partial charge in [-0.3, -0.25) is 9.89 Å². The molecule has 0 bridgehead atoms. The van der Waals surface area contributed by atoms with Crippen LogP contribution in [-0.2, 0) is 6.61 Å². The number of carbonyl (C=O) groups is 1. The monoisotopic (exact) mass is 433 g/mol. The van der Waals surface area contributed by atoms with Crippen molar-refractivity contribution in [2.75, 3.05) is 11.9 Å². The Hall–Kier alpha value is -4.38. The summed E-state index contributed by atoms with van der Waals surface area (Å²) in [7, 11) is 1.75. The molecule has 5 aromatic rings. The second kappa shape index (κ2) is 9.01. The van der Waals surface area contributed by atoms with E-state index >= 15 is 0 Å². The van der Waals surface area contributed by atoms with Crippen LogP contribution in [0.3, 0.4) is 0 Å². The second-order valence-corrected chi connectivity index (χ2v) is 7.86. The van der Waals surface area contributed by atoms with Gasteiger partial charge < -0.3 is 9.64 Å². The fourth-order valence-corrected chi connectivity index (χ4v) is 3.75. The van der Waals surface area contributed by atoms with Crippen LogP contribution in [0.4, 0.5) is 5.69 Å². The van der Waals surface area contributed by atoms with Crippen LogP contribution < -0.4 is 9.64 Å². The largest absolute Gasteiger partial charge is 0.489 e. The summed E-state index contributed by atoms with van der Waals surface area (Å²) >= 11 is 0. The summed E-state index contributed by atoms with van der Waals surface area (Å²) in [5, 5.41) is 9.54. The SMILES string of the molecule is CN(C(=O)c1cc(-c2ccccc2)n[nH]1)c1ccc(OCc2ccc3ccccc3c2)cc1. The van der Waals surface area contributed by atoms with Crippen LogP contribution in [-0.4, -0.2) is 23.2 Å². The Bertz CT molecular complexity index is 1390. The van der Waals surface area contributed by atoms with E-state index in [2.05, 4.69) is 40.5 Å². The Morgan fingerprint density at radius 1 is 0.848 bits per heavy atom. The molecule has 0 aliphatic rings. The molecule has 0 saturated heterocycles. The maximum atomic E-state index is 12.9. The number of aromatic amines is 1. The number of amides is 1. The zero-order valence-electron chi connectivity index (χ0n) is 18.2. The van der Waals surface area contributed by atoms with E-state index in [0.717, 1.165) is 28.3 Å². The van der Waals surface area contributed by atoms with Crippen LogP contribution in [0.25, 0.3) is 22.0 Å². The Morgan fingerprint density at radius 3 is 2.36 bits per heavy atom. The molecule has 5 heteroatoms. The standard InChI is InChI=1S/C28H23N3O2/c1-31(28(32)27-18-26(29-30-27)22-8-3-2-4-9-22)24-13-15-25(16-14-24)33-19-20-11-12-21-7-5-6-10-23(21)17-20/h2-18H,19H2,1H3,(H,29,30). The third kappa shape index (κ3) is 4.48. The third-order valence-electron chi connectivity index (χ3n) is 5.63. The maximum absolute atomic E-state index is 12.9. The van der Waals surface area contributed by atoms with Crippen molar-refractivity contribution in [1.82, 2.24) is 10.2 Å². The van der Waals surface area contributed by atoms with Crippen molar-refractivity contribution < 1.29 is 9.53 Å². The first kappa shape index (κ1) is 20.5. The minimum Gasteiger partial charge on any atom is -0.489 e. The van der Waals surface area contributed by atoms with Gasteiger partial charge in [-0.05, 0) is 52.7 Å². The van der Waals surface area contributed by atoms with E-state index in [9.17, 15) is 4.79 Å². The molecule has 5 rings (SSSR count). The zero-order valence-corrected chi connectivity index (χ0v) is 18.2. The van der Waals surface area contributed by atoms with Gasteiger partial charge in [-0.1, -0.05) is 66.7 Å². The number of rotatable bonds is 6. The van der Waals surface area contributed by atoms with Crippen LogP contribution in [0.2, 0.25) is 0 Å². The number of hydrogen-bond acceptors (Lipinski definition) is 3. The highest BCUT2D eigenvalue weighted by Crippen LogP contribution is 2.23. The molecule has 0 fully saturated rings. The summed E-state index contributed by atoms with van der Waals surface area (Å²) in [6.07, 6.45) is 0. The fourth-order valence-electron chi connectivity index (χ4n) is 3.75. The maximum Gasteiger partial charge on any atom is 0.276 e. The molecule has 0 saturated carbocycles. The van der Waals surface area contributed by atoms with Gasteiger partial charge in [0, 0.05) is 18.3 Å². The first-order valence-corrected chi connectivity index (χ1v) is 10.8. The van der Waals surface area contributed by atoms with Gasteiger partial charge in [-0.25, -0.2) is 0 Å².